The first-order chi connectivity index (χ1) is 13.2. The van der Waals surface area contributed by atoms with Crippen molar-refractivity contribution in [1.82, 2.24) is 4.31 Å². The number of benzene rings is 2. The molecule has 0 fully saturated rings. The predicted molar refractivity (Wildman–Crippen MR) is 113 cm³/mol. The summed E-state index contributed by atoms with van der Waals surface area (Å²) in [6, 6.07) is 9.20. The molecule has 2 N–H and O–H groups in total. The van der Waals surface area contributed by atoms with Gasteiger partial charge in [-0.25, -0.2) is 12.7 Å². The Labute approximate surface area is 175 Å². The summed E-state index contributed by atoms with van der Waals surface area (Å²) in [4.78, 5) is 27.2. The van der Waals surface area contributed by atoms with Crippen LogP contribution >= 0.6 is 12.4 Å². The average molecular weight is 436 g/mol. The Bertz CT molecular complexity index is 1110. The van der Waals surface area contributed by atoms with Gasteiger partial charge in [0, 0.05) is 29.5 Å². The molecule has 2 aliphatic heterocycles. The number of halogens is 1. The number of rotatable bonds is 2. The molecule has 0 unspecified atom stereocenters. The van der Waals surface area contributed by atoms with E-state index in [0.29, 0.717) is 12.2 Å². The Morgan fingerprint density at radius 2 is 1.90 bits per heavy atom. The molecule has 2 aromatic rings. The van der Waals surface area contributed by atoms with Gasteiger partial charge in [0.25, 0.3) is 21.8 Å². The molecule has 29 heavy (non-hydrogen) atoms. The van der Waals surface area contributed by atoms with Gasteiger partial charge >= 0.3 is 0 Å². The van der Waals surface area contributed by atoms with Crippen molar-refractivity contribution in [2.75, 3.05) is 17.2 Å². The molecule has 0 saturated carbocycles. The number of nitrogens with two attached hydrogens (primary N) is 1. The number of nitrogen functional groups attached to an aromatic ring is 1. The first kappa shape index (κ1) is 21.1. The topological polar surface area (TPSA) is 101 Å². The molecule has 0 atom stereocenters. The van der Waals surface area contributed by atoms with E-state index < -0.39 is 22.0 Å². The molecule has 2 aromatic carbocycles. The summed E-state index contributed by atoms with van der Waals surface area (Å²) < 4.78 is 26.5. The van der Waals surface area contributed by atoms with Gasteiger partial charge in [-0.3, -0.25) is 9.59 Å². The lowest BCUT2D eigenvalue weighted by Gasteiger charge is -2.30. The van der Waals surface area contributed by atoms with Crippen LogP contribution in [0.5, 0.6) is 0 Å². The molecule has 0 aromatic heterocycles. The SMILES string of the molecule is CC(C)N1C(=O)c2ccc(C(=O)N3CCCc4c(N)cccc43)cc2S1(=O)=O.Cl. The Morgan fingerprint density at radius 3 is 2.59 bits per heavy atom. The average Bonchev–Trinajstić information content (AvgIpc) is 2.86. The molecule has 0 aliphatic carbocycles. The summed E-state index contributed by atoms with van der Waals surface area (Å²) >= 11 is 0. The van der Waals surface area contributed by atoms with E-state index in [2.05, 4.69) is 0 Å². The maximum atomic E-state index is 13.2. The first-order valence-corrected chi connectivity index (χ1v) is 10.6. The number of amides is 2. The van der Waals surface area contributed by atoms with E-state index >= 15 is 0 Å². The van der Waals surface area contributed by atoms with Crippen molar-refractivity contribution >= 4 is 45.6 Å². The van der Waals surface area contributed by atoms with Gasteiger partial charge in [-0.15, -0.1) is 12.4 Å². The van der Waals surface area contributed by atoms with Crippen molar-refractivity contribution in [3.63, 3.8) is 0 Å². The van der Waals surface area contributed by atoms with E-state index in [-0.39, 0.29) is 34.3 Å². The lowest BCUT2D eigenvalue weighted by molar-refractivity contribution is 0.0845. The normalized spacial score (nSPS) is 17.0. The number of carbonyl (C=O) groups excluding carboxylic acids is 2. The smallest absolute Gasteiger partial charge is 0.269 e. The van der Waals surface area contributed by atoms with Crippen molar-refractivity contribution in [2.45, 2.75) is 37.6 Å². The van der Waals surface area contributed by atoms with E-state index in [1.807, 2.05) is 6.07 Å². The van der Waals surface area contributed by atoms with Crippen molar-refractivity contribution in [3.8, 4) is 0 Å². The first-order valence-electron chi connectivity index (χ1n) is 9.15. The molecule has 0 bridgehead atoms. The zero-order valence-electron chi connectivity index (χ0n) is 16.1. The quantitative estimate of drug-likeness (QED) is 0.731. The van der Waals surface area contributed by atoms with E-state index in [0.717, 1.165) is 28.4 Å². The number of anilines is 2. The van der Waals surface area contributed by atoms with Crippen LogP contribution in [0.25, 0.3) is 0 Å². The lowest BCUT2D eigenvalue weighted by Crippen LogP contribution is -2.36. The van der Waals surface area contributed by atoms with Crippen LogP contribution in [0.2, 0.25) is 0 Å². The molecule has 2 aliphatic rings. The standard InChI is InChI=1S/C20H21N3O4S.ClH/c1-12(2)23-20(25)15-9-8-13(11-18(15)28(23,26)27)19(24)22-10-4-5-14-16(21)6-3-7-17(14)22;/h3,6-9,11-12H,4-5,10,21H2,1-2H3;1H. The molecule has 4 rings (SSSR count). The second-order valence-corrected chi connectivity index (χ2v) is 9.10. The van der Waals surface area contributed by atoms with Crippen LogP contribution in [0, 0.1) is 0 Å². The number of fused-ring (bicyclic) bond motifs is 2. The van der Waals surface area contributed by atoms with Crippen molar-refractivity contribution in [1.29, 1.82) is 0 Å². The monoisotopic (exact) mass is 435 g/mol. The second kappa shape index (κ2) is 7.35. The van der Waals surface area contributed by atoms with Gasteiger partial charge in [0.1, 0.15) is 4.90 Å². The maximum Gasteiger partial charge on any atom is 0.269 e. The van der Waals surface area contributed by atoms with Crippen molar-refractivity contribution in [3.05, 3.63) is 53.1 Å². The lowest BCUT2D eigenvalue weighted by atomic mass is 9.99. The number of carbonyl (C=O) groups is 2. The summed E-state index contributed by atoms with van der Waals surface area (Å²) in [6.07, 6.45) is 1.57. The second-order valence-electron chi connectivity index (χ2n) is 7.32. The minimum Gasteiger partial charge on any atom is -0.398 e. The minimum absolute atomic E-state index is 0. The Hall–Kier alpha value is -2.58. The molecule has 7 nitrogen and oxygen atoms in total. The molecule has 0 saturated heterocycles. The third kappa shape index (κ3) is 3.16. The highest BCUT2D eigenvalue weighted by molar-refractivity contribution is 7.90. The number of hydrogen-bond donors (Lipinski definition) is 1. The zero-order valence-corrected chi connectivity index (χ0v) is 17.7. The Balaban J connectivity index is 0.00000240. The fourth-order valence-corrected chi connectivity index (χ4v) is 5.70. The van der Waals surface area contributed by atoms with Gasteiger partial charge in [0.2, 0.25) is 0 Å². The summed E-state index contributed by atoms with van der Waals surface area (Å²) in [5, 5.41) is 0. The van der Waals surface area contributed by atoms with Gasteiger partial charge in [0.15, 0.2) is 0 Å². The van der Waals surface area contributed by atoms with E-state index in [1.54, 1.807) is 30.9 Å². The van der Waals surface area contributed by atoms with E-state index in [9.17, 15) is 18.0 Å². The summed E-state index contributed by atoms with van der Waals surface area (Å²) in [7, 11) is -3.96. The van der Waals surface area contributed by atoms with Gasteiger partial charge in [0.05, 0.1) is 5.56 Å². The van der Waals surface area contributed by atoms with Gasteiger partial charge < -0.3 is 10.6 Å². The summed E-state index contributed by atoms with van der Waals surface area (Å²) in [5.74, 6) is -0.861. The fraction of sp³-hybridized carbons (Fsp3) is 0.300. The van der Waals surface area contributed by atoms with Crippen LogP contribution in [0.4, 0.5) is 11.4 Å². The minimum atomic E-state index is -3.96. The van der Waals surface area contributed by atoms with Crippen LogP contribution in [-0.2, 0) is 16.4 Å². The van der Waals surface area contributed by atoms with Crippen LogP contribution in [-0.4, -0.2) is 37.1 Å². The number of sulfonamides is 1. The van der Waals surface area contributed by atoms with Gasteiger partial charge in [-0.05, 0) is 62.6 Å². The molecule has 154 valence electrons. The maximum absolute atomic E-state index is 13.2. The highest BCUT2D eigenvalue weighted by atomic mass is 35.5. The van der Waals surface area contributed by atoms with Crippen LogP contribution < -0.4 is 10.6 Å². The molecule has 9 heteroatoms. The van der Waals surface area contributed by atoms with Crippen molar-refractivity contribution < 1.29 is 18.0 Å². The number of nitrogens with zero attached hydrogens (tertiary/aromatic N) is 2. The molecule has 2 heterocycles. The summed E-state index contributed by atoms with van der Waals surface area (Å²) in [5.41, 5.74) is 8.71. The summed E-state index contributed by atoms with van der Waals surface area (Å²) in [6.45, 7) is 3.81. The largest absolute Gasteiger partial charge is 0.398 e. The van der Waals surface area contributed by atoms with Crippen LogP contribution in [0.1, 0.15) is 46.5 Å². The highest BCUT2D eigenvalue weighted by Gasteiger charge is 2.43. The molecular weight excluding hydrogens is 414 g/mol. The number of hydrogen-bond acceptors (Lipinski definition) is 5. The van der Waals surface area contributed by atoms with Crippen molar-refractivity contribution in [2.24, 2.45) is 0 Å². The van der Waals surface area contributed by atoms with Gasteiger partial charge in [-0.1, -0.05) is 6.07 Å². The Kier molecular flexibility index (Phi) is 5.36. The molecule has 2 amide bonds. The Morgan fingerprint density at radius 1 is 1.17 bits per heavy atom. The van der Waals surface area contributed by atoms with Crippen LogP contribution in [0.15, 0.2) is 41.3 Å². The zero-order chi connectivity index (χ0) is 20.2. The van der Waals surface area contributed by atoms with E-state index in [4.69, 9.17) is 5.73 Å². The molecular formula is C20H22ClN3O4S. The molecule has 0 spiro atoms. The third-order valence-corrected chi connectivity index (χ3v) is 7.20. The fourth-order valence-electron chi connectivity index (χ4n) is 3.91. The van der Waals surface area contributed by atoms with Crippen LogP contribution in [0.3, 0.4) is 0 Å². The molecule has 0 radical (unpaired) electrons. The third-order valence-electron chi connectivity index (χ3n) is 5.20. The van der Waals surface area contributed by atoms with E-state index in [1.165, 1.54) is 18.2 Å². The highest BCUT2D eigenvalue weighted by Crippen LogP contribution is 2.35. The predicted octanol–water partition coefficient (Wildman–Crippen LogP) is 2.84. The van der Waals surface area contributed by atoms with Gasteiger partial charge in [-0.2, -0.15) is 0 Å².